The topological polar surface area (TPSA) is 43.4 Å². The molecule has 0 radical (unpaired) electrons. The number of rotatable bonds is 9. The highest BCUT2D eigenvalue weighted by atomic mass is 16.5. The molecule has 0 fully saturated rings. The van der Waals surface area contributed by atoms with Crippen LogP contribution < -0.4 is 5.32 Å². The van der Waals surface area contributed by atoms with Crippen molar-refractivity contribution in [1.82, 2.24) is 4.98 Å². The highest BCUT2D eigenvalue weighted by Gasteiger charge is 2.01. The molecule has 0 atom stereocenters. The molecule has 4 nitrogen and oxygen atoms in total. The highest BCUT2D eigenvalue weighted by molar-refractivity contribution is 5.42. The van der Waals surface area contributed by atoms with E-state index in [1.807, 2.05) is 12.1 Å². The molecule has 0 unspecified atom stereocenters. The fourth-order valence-corrected chi connectivity index (χ4v) is 1.43. The van der Waals surface area contributed by atoms with Gasteiger partial charge in [0.25, 0.3) is 0 Å². The fraction of sp³-hybridized carbons (Fsp3) is 0.615. The van der Waals surface area contributed by atoms with Crippen molar-refractivity contribution in [2.75, 3.05) is 31.7 Å². The molecule has 1 rings (SSSR count). The van der Waals surface area contributed by atoms with Crippen molar-refractivity contribution in [2.45, 2.75) is 26.9 Å². The second-order valence-corrected chi connectivity index (χ2v) is 3.71. The highest BCUT2D eigenvalue weighted by Crippen LogP contribution is 2.12. The van der Waals surface area contributed by atoms with Crippen molar-refractivity contribution in [3.05, 3.63) is 23.9 Å². The first-order valence-corrected chi connectivity index (χ1v) is 6.21. The minimum Gasteiger partial charge on any atom is -0.379 e. The van der Waals surface area contributed by atoms with Crippen LogP contribution in [0.3, 0.4) is 0 Å². The molecular formula is C13H22N2O2. The van der Waals surface area contributed by atoms with Gasteiger partial charge >= 0.3 is 0 Å². The number of aromatic nitrogens is 1. The Morgan fingerprint density at radius 3 is 2.76 bits per heavy atom. The molecule has 0 bridgehead atoms. The zero-order valence-electron chi connectivity index (χ0n) is 10.7. The predicted octanol–water partition coefficient (Wildman–Crippen LogP) is 2.46. The average molecular weight is 238 g/mol. The lowest BCUT2D eigenvalue weighted by molar-refractivity contribution is 0.0409. The minimum absolute atomic E-state index is 0.575. The molecule has 1 aromatic rings. The lowest BCUT2D eigenvalue weighted by Crippen LogP contribution is -2.07. The summed E-state index contributed by atoms with van der Waals surface area (Å²) in [6, 6.07) is 3.95. The van der Waals surface area contributed by atoms with E-state index in [1.165, 1.54) is 0 Å². The Morgan fingerprint density at radius 2 is 2.00 bits per heavy atom. The lowest BCUT2D eigenvalue weighted by atomic mass is 10.2. The Kier molecular flexibility index (Phi) is 7.34. The van der Waals surface area contributed by atoms with Crippen LogP contribution in [0.5, 0.6) is 0 Å². The summed E-state index contributed by atoms with van der Waals surface area (Å²) in [6.07, 6.45) is 2.83. The summed E-state index contributed by atoms with van der Waals surface area (Å²) in [4.78, 5) is 4.27. The van der Waals surface area contributed by atoms with Crippen molar-refractivity contribution in [3.63, 3.8) is 0 Å². The molecule has 0 aliphatic carbocycles. The van der Waals surface area contributed by atoms with Crippen molar-refractivity contribution in [3.8, 4) is 0 Å². The number of anilines is 1. The van der Waals surface area contributed by atoms with Crippen LogP contribution in [0.2, 0.25) is 0 Å². The zero-order chi connectivity index (χ0) is 12.3. The lowest BCUT2D eigenvalue weighted by Gasteiger charge is -2.09. The quantitative estimate of drug-likeness (QED) is 0.671. The first-order valence-electron chi connectivity index (χ1n) is 6.21. The van der Waals surface area contributed by atoms with E-state index >= 15 is 0 Å². The second kappa shape index (κ2) is 8.96. The Labute approximate surface area is 103 Å². The smallest absolute Gasteiger partial charge is 0.131 e. The van der Waals surface area contributed by atoms with Crippen LogP contribution in [0.25, 0.3) is 0 Å². The van der Waals surface area contributed by atoms with Crippen LogP contribution in [-0.2, 0) is 16.1 Å². The molecule has 0 aliphatic heterocycles. The number of ether oxygens (including phenoxy) is 2. The molecule has 17 heavy (non-hydrogen) atoms. The number of hydrogen-bond acceptors (Lipinski definition) is 4. The first-order chi connectivity index (χ1) is 8.38. The van der Waals surface area contributed by atoms with Crippen LogP contribution >= 0.6 is 0 Å². The summed E-state index contributed by atoms with van der Waals surface area (Å²) < 4.78 is 10.9. The number of hydrogen-bond donors (Lipinski definition) is 1. The van der Waals surface area contributed by atoms with Gasteiger partial charge in [0.05, 0.1) is 19.8 Å². The molecule has 0 saturated carbocycles. The van der Waals surface area contributed by atoms with Gasteiger partial charge in [0.2, 0.25) is 0 Å². The molecule has 0 amide bonds. The van der Waals surface area contributed by atoms with E-state index in [1.54, 1.807) is 6.20 Å². The van der Waals surface area contributed by atoms with Gasteiger partial charge < -0.3 is 14.8 Å². The van der Waals surface area contributed by atoms with E-state index in [9.17, 15) is 0 Å². The maximum atomic E-state index is 5.55. The van der Waals surface area contributed by atoms with Crippen molar-refractivity contribution < 1.29 is 9.47 Å². The number of nitrogens with zero attached hydrogens (tertiary/aromatic N) is 1. The maximum absolute atomic E-state index is 5.55. The molecule has 1 N–H and O–H groups in total. The van der Waals surface area contributed by atoms with Gasteiger partial charge in [0.15, 0.2) is 0 Å². The van der Waals surface area contributed by atoms with Crippen molar-refractivity contribution >= 4 is 5.82 Å². The summed E-state index contributed by atoms with van der Waals surface area (Å²) in [6.45, 7) is 7.68. The van der Waals surface area contributed by atoms with Gasteiger partial charge in [-0.3, -0.25) is 0 Å². The Balaban J connectivity index is 2.25. The molecule has 4 heteroatoms. The minimum atomic E-state index is 0.575. The molecule has 0 aliphatic rings. The van der Waals surface area contributed by atoms with Crippen molar-refractivity contribution in [1.29, 1.82) is 0 Å². The summed E-state index contributed by atoms with van der Waals surface area (Å²) in [5, 5.41) is 3.21. The van der Waals surface area contributed by atoms with Crippen LogP contribution in [-0.4, -0.2) is 31.3 Å². The van der Waals surface area contributed by atoms with Gasteiger partial charge in [-0.1, -0.05) is 13.0 Å². The van der Waals surface area contributed by atoms with Gasteiger partial charge in [-0.2, -0.15) is 0 Å². The summed E-state index contributed by atoms with van der Waals surface area (Å²) in [5.74, 6) is 0.907. The first kappa shape index (κ1) is 13.9. The monoisotopic (exact) mass is 238 g/mol. The Hall–Kier alpha value is -1.13. The number of pyridine rings is 1. The number of nitrogens with one attached hydrogen (secondary N) is 1. The summed E-state index contributed by atoms with van der Waals surface area (Å²) in [5.41, 5.74) is 1.09. The van der Waals surface area contributed by atoms with Crippen LogP contribution in [0, 0.1) is 0 Å². The molecule has 96 valence electrons. The SMILES string of the molecule is CCCOCCOCc1cccnc1NCC. The molecule has 1 aromatic heterocycles. The Bertz CT molecular complexity index is 305. The van der Waals surface area contributed by atoms with Crippen molar-refractivity contribution in [2.24, 2.45) is 0 Å². The van der Waals surface area contributed by atoms with Gasteiger partial charge in [0, 0.05) is 24.9 Å². The van der Waals surface area contributed by atoms with Gasteiger partial charge in [-0.15, -0.1) is 0 Å². The zero-order valence-corrected chi connectivity index (χ0v) is 10.7. The van der Waals surface area contributed by atoms with Crippen LogP contribution in [0.4, 0.5) is 5.82 Å². The molecule has 0 saturated heterocycles. The van der Waals surface area contributed by atoms with Gasteiger partial charge in [-0.05, 0) is 19.4 Å². The molecule has 1 heterocycles. The van der Waals surface area contributed by atoms with Gasteiger partial charge in [0.1, 0.15) is 5.82 Å². The Morgan fingerprint density at radius 1 is 1.18 bits per heavy atom. The predicted molar refractivity (Wildman–Crippen MR) is 69.2 cm³/mol. The van der Waals surface area contributed by atoms with Crippen LogP contribution in [0.15, 0.2) is 18.3 Å². The molecular weight excluding hydrogens is 216 g/mol. The maximum Gasteiger partial charge on any atom is 0.131 e. The normalized spacial score (nSPS) is 10.5. The standard InChI is InChI=1S/C13H22N2O2/c1-3-8-16-9-10-17-11-12-6-5-7-15-13(12)14-4-2/h5-7H,3-4,8-11H2,1-2H3,(H,14,15). The third-order valence-corrected chi connectivity index (χ3v) is 2.21. The average Bonchev–Trinajstić information content (AvgIpc) is 2.36. The van der Waals surface area contributed by atoms with E-state index in [-0.39, 0.29) is 0 Å². The molecule has 0 spiro atoms. The summed E-state index contributed by atoms with van der Waals surface area (Å²) in [7, 11) is 0. The van der Waals surface area contributed by atoms with E-state index in [4.69, 9.17) is 9.47 Å². The summed E-state index contributed by atoms with van der Waals surface area (Å²) >= 11 is 0. The fourth-order valence-electron chi connectivity index (χ4n) is 1.43. The second-order valence-electron chi connectivity index (χ2n) is 3.71. The van der Waals surface area contributed by atoms with Crippen LogP contribution in [0.1, 0.15) is 25.8 Å². The van der Waals surface area contributed by atoms with Gasteiger partial charge in [-0.25, -0.2) is 4.98 Å². The third kappa shape index (κ3) is 5.65. The van der Waals surface area contributed by atoms with E-state index in [0.717, 1.165) is 31.0 Å². The molecule has 0 aromatic carbocycles. The van der Waals surface area contributed by atoms with E-state index < -0.39 is 0 Å². The third-order valence-electron chi connectivity index (χ3n) is 2.21. The largest absolute Gasteiger partial charge is 0.379 e. The van der Waals surface area contributed by atoms with E-state index in [2.05, 4.69) is 24.1 Å². The van der Waals surface area contributed by atoms with E-state index in [0.29, 0.717) is 19.8 Å².